The molecule has 278 valence electrons. The van der Waals surface area contributed by atoms with Crippen LogP contribution in [0, 0.1) is 0 Å². The third-order valence-corrected chi connectivity index (χ3v) is 11.3. The van der Waals surface area contributed by atoms with Crippen LogP contribution in [0.15, 0.2) is 249 Å². The minimum Gasteiger partial charge on any atom is -0.310 e. The highest BCUT2D eigenvalue weighted by Gasteiger charge is 2.19. The SMILES string of the molecule is c1ccc(-c2ccccc2-c2ccccc2-c2ccccc2-c2ccc(N(c3cccc(-c4ccc5ccccc5c4)c3)c3ccccc3-c3ccccc3)cc2)cc1. The molecule has 10 aromatic carbocycles. The van der Waals surface area contributed by atoms with Crippen molar-refractivity contribution in [2.75, 3.05) is 4.90 Å². The van der Waals surface area contributed by atoms with Gasteiger partial charge in [0.25, 0.3) is 0 Å². The maximum atomic E-state index is 2.40. The fourth-order valence-electron chi connectivity index (χ4n) is 8.45. The second-order valence-electron chi connectivity index (χ2n) is 14.9. The zero-order valence-electron chi connectivity index (χ0n) is 32.6. The molecule has 0 heterocycles. The first-order valence-corrected chi connectivity index (χ1v) is 20.3. The van der Waals surface area contributed by atoms with Crippen LogP contribution in [0.2, 0.25) is 0 Å². The van der Waals surface area contributed by atoms with Crippen LogP contribution in [0.5, 0.6) is 0 Å². The van der Waals surface area contributed by atoms with Crippen LogP contribution in [-0.2, 0) is 0 Å². The average Bonchev–Trinajstić information content (AvgIpc) is 3.32. The fourth-order valence-corrected chi connectivity index (χ4v) is 8.45. The average molecular weight is 752 g/mol. The molecule has 0 amide bonds. The summed E-state index contributed by atoms with van der Waals surface area (Å²) in [6, 6.07) is 89.8. The number of hydrogen-bond acceptors (Lipinski definition) is 1. The molecule has 0 saturated heterocycles. The van der Waals surface area contributed by atoms with E-state index in [1.54, 1.807) is 0 Å². The van der Waals surface area contributed by atoms with Crippen LogP contribution in [0.4, 0.5) is 17.1 Å². The van der Waals surface area contributed by atoms with Gasteiger partial charge in [0, 0.05) is 16.9 Å². The van der Waals surface area contributed by atoms with Crippen molar-refractivity contribution in [1.82, 2.24) is 0 Å². The Morgan fingerprint density at radius 2 is 0.610 bits per heavy atom. The predicted octanol–water partition coefficient (Wildman–Crippen LogP) is 16.3. The second-order valence-corrected chi connectivity index (χ2v) is 14.9. The molecule has 0 N–H and O–H groups in total. The van der Waals surface area contributed by atoms with E-state index in [1.165, 1.54) is 72.0 Å². The lowest BCUT2D eigenvalue weighted by molar-refractivity contribution is 1.28. The quantitative estimate of drug-likeness (QED) is 0.142. The van der Waals surface area contributed by atoms with Gasteiger partial charge in [0.05, 0.1) is 5.69 Å². The van der Waals surface area contributed by atoms with Crippen molar-refractivity contribution < 1.29 is 0 Å². The molecular formula is C58H41N. The first-order chi connectivity index (χ1) is 29.3. The summed E-state index contributed by atoms with van der Waals surface area (Å²) in [5.41, 5.74) is 17.7. The van der Waals surface area contributed by atoms with Gasteiger partial charge in [-0.15, -0.1) is 0 Å². The highest BCUT2D eigenvalue weighted by Crippen LogP contribution is 2.44. The molecule has 1 nitrogen and oxygen atoms in total. The summed E-state index contributed by atoms with van der Waals surface area (Å²) in [4.78, 5) is 2.40. The van der Waals surface area contributed by atoms with Gasteiger partial charge in [0.1, 0.15) is 0 Å². The molecule has 59 heavy (non-hydrogen) atoms. The van der Waals surface area contributed by atoms with Gasteiger partial charge < -0.3 is 4.90 Å². The van der Waals surface area contributed by atoms with Crippen LogP contribution in [0.25, 0.3) is 77.5 Å². The Bertz CT molecular complexity index is 3040. The molecule has 0 atom stereocenters. The second kappa shape index (κ2) is 16.0. The molecule has 0 spiro atoms. The van der Waals surface area contributed by atoms with Gasteiger partial charge >= 0.3 is 0 Å². The maximum absolute atomic E-state index is 2.40. The van der Waals surface area contributed by atoms with Crippen molar-refractivity contribution in [1.29, 1.82) is 0 Å². The molecule has 10 rings (SSSR count). The summed E-state index contributed by atoms with van der Waals surface area (Å²) >= 11 is 0. The maximum Gasteiger partial charge on any atom is 0.0540 e. The number of hydrogen-bond donors (Lipinski definition) is 0. The van der Waals surface area contributed by atoms with E-state index in [1.807, 2.05) is 0 Å². The minimum atomic E-state index is 1.09. The van der Waals surface area contributed by atoms with E-state index in [0.717, 1.165) is 22.6 Å². The van der Waals surface area contributed by atoms with Crippen LogP contribution < -0.4 is 4.90 Å². The molecular weight excluding hydrogens is 711 g/mol. The third kappa shape index (κ3) is 7.12. The number of rotatable bonds is 9. The smallest absolute Gasteiger partial charge is 0.0540 e. The topological polar surface area (TPSA) is 3.24 Å². The predicted molar refractivity (Wildman–Crippen MR) is 251 cm³/mol. The summed E-state index contributed by atoms with van der Waals surface area (Å²) in [5.74, 6) is 0. The van der Waals surface area contributed by atoms with Crippen LogP contribution >= 0.6 is 0 Å². The summed E-state index contributed by atoms with van der Waals surface area (Å²) in [6.45, 7) is 0. The van der Waals surface area contributed by atoms with Gasteiger partial charge in [-0.05, 0) is 108 Å². The van der Waals surface area contributed by atoms with Gasteiger partial charge in [-0.25, -0.2) is 0 Å². The van der Waals surface area contributed by atoms with Crippen molar-refractivity contribution in [2.45, 2.75) is 0 Å². The van der Waals surface area contributed by atoms with Gasteiger partial charge in [-0.2, -0.15) is 0 Å². The van der Waals surface area contributed by atoms with E-state index in [0.29, 0.717) is 0 Å². The van der Waals surface area contributed by atoms with Crippen LogP contribution in [-0.4, -0.2) is 0 Å². The van der Waals surface area contributed by atoms with E-state index in [4.69, 9.17) is 0 Å². The Morgan fingerprint density at radius 3 is 1.22 bits per heavy atom. The lowest BCUT2D eigenvalue weighted by atomic mass is 9.87. The molecule has 0 aromatic heterocycles. The number of fused-ring (bicyclic) bond motifs is 1. The molecule has 0 fully saturated rings. The van der Waals surface area contributed by atoms with E-state index >= 15 is 0 Å². The van der Waals surface area contributed by atoms with Gasteiger partial charge in [0.15, 0.2) is 0 Å². The summed E-state index contributed by atoms with van der Waals surface area (Å²) in [7, 11) is 0. The van der Waals surface area contributed by atoms with Crippen molar-refractivity contribution in [3.05, 3.63) is 249 Å². The molecule has 0 aliphatic carbocycles. The lowest BCUT2D eigenvalue weighted by Crippen LogP contribution is -2.11. The van der Waals surface area contributed by atoms with Crippen molar-refractivity contribution in [3.63, 3.8) is 0 Å². The minimum absolute atomic E-state index is 1.09. The number of nitrogens with zero attached hydrogens (tertiary/aromatic N) is 1. The molecule has 1 heteroatoms. The van der Waals surface area contributed by atoms with Gasteiger partial charge in [0.2, 0.25) is 0 Å². The Kier molecular flexibility index (Phi) is 9.68. The molecule has 0 aliphatic rings. The third-order valence-electron chi connectivity index (χ3n) is 11.3. The first kappa shape index (κ1) is 35.7. The van der Waals surface area contributed by atoms with E-state index in [-0.39, 0.29) is 0 Å². The molecule has 0 bridgehead atoms. The number of anilines is 3. The van der Waals surface area contributed by atoms with E-state index < -0.39 is 0 Å². The Balaban J connectivity index is 1.08. The van der Waals surface area contributed by atoms with E-state index in [2.05, 4.69) is 254 Å². The summed E-state index contributed by atoms with van der Waals surface area (Å²) in [5, 5.41) is 2.48. The zero-order valence-corrected chi connectivity index (χ0v) is 32.6. The van der Waals surface area contributed by atoms with Crippen molar-refractivity contribution in [2.24, 2.45) is 0 Å². The summed E-state index contributed by atoms with van der Waals surface area (Å²) in [6.07, 6.45) is 0. The Morgan fingerprint density at radius 1 is 0.203 bits per heavy atom. The van der Waals surface area contributed by atoms with Crippen molar-refractivity contribution >= 4 is 27.8 Å². The first-order valence-electron chi connectivity index (χ1n) is 20.3. The Hall–Kier alpha value is -7.74. The highest BCUT2D eigenvalue weighted by atomic mass is 15.1. The monoisotopic (exact) mass is 751 g/mol. The highest BCUT2D eigenvalue weighted by molar-refractivity contribution is 5.97. The molecule has 0 unspecified atom stereocenters. The van der Waals surface area contributed by atoms with Gasteiger partial charge in [-0.1, -0.05) is 212 Å². The molecule has 10 aromatic rings. The lowest BCUT2D eigenvalue weighted by Gasteiger charge is -2.28. The summed E-state index contributed by atoms with van der Waals surface area (Å²) < 4.78 is 0. The fraction of sp³-hybridized carbons (Fsp3) is 0. The zero-order chi connectivity index (χ0) is 39.4. The normalized spacial score (nSPS) is 11.1. The van der Waals surface area contributed by atoms with E-state index in [9.17, 15) is 0 Å². The van der Waals surface area contributed by atoms with Crippen molar-refractivity contribution in [3.8, 4) is 66.8 Å². The number of benzene rings is 10. The number of para-hydroxylation sites is 1. The molecule has 0 radical (unpaired) electrons. The largest absolute Gasteiger partial charge is 0.310 e. The Labute approximate surface area is 346 Å². The van der Waals surface area contributed by atoms with Crippen LogP contribution in [0.3, 0.4) is 0 Å². The molecule has 0 saturated carbocycles. The van der Waals surface area contributed by atoms with Crippen LogP contribution in [0.1, 0.15) is 0 Å². The molecule has 0 aliphatic heterocycles. The standard InChI is InChI=1S/C58H41N/c1-3-19-43(20-4-1)51-26-9-11-29-54(51)56-31-13-14-32-57(56)55-30-12-10-27-52(55)45-36-38-49(39-37-45)59(58-33-16-15-28-53(58)44-21-5-2-6-22-44)50-25-17-24-47(41-50)48-35-34-42-18-7-8-23-46(42)40-48/h1-41H. The van der Waals surface area contributed by atoms with Gasteiger partial charge in [-0.3, -0.25) is 0 Å².